The zero-order chi connectivity index (χ0) is 16.3. The van der Waals surface area contributed by atoms with Crippen LogP contribution in [-0.4, -0.2) is 36.1 Å². The van der Waals surface area contributed by atoms with Gasteiger partial charge in [0, 0.05) is 30.3 Å². The number of hydrogen-bond acceptors (Lipinski definition) is 3. The van der Waals surface area contributed by atoms with Crippen LogP contribution in [-0.2, 0) is 0 Å². The van der Waals surface area contributed by atoms with E-state index >= 15 is 0 Å². The predicted octanol–water partition coefficient (Wildman–Crippen LogP) is 1.86. The molecule has 2 aliphatic carbocycles. The zero-order valence-electron chi connectivity index (χ0n) is 13.3. The second kappa shape index (κ2) is 6.71. The molecule has 2 fully saturated rings. The van der Waals surface area contributed by atoms with Gasteiger partial charge in [-0.1, -0.05) is 6.42 Å². The molecule has 0 aromatic heterocycles. The van der Waals surface area contributed by atoms with Crippen LogP contribution in [0.3, 0.4) is 0 Å². The van der Waals surface area contributed by atoms with Crippen LogP contribution in [0.25, 0.3) is 0 Å². The first-order valence-corrected chi connectivity index (χ1v) is 8.42. The Morgan fingerprint density at radius 3 is 2.17 bits per heavy atom. The maximum Gasteiger partial charge on any atom is 0.251 e. The Morgan fingerprint density at radius 2 is 1.70 bits per heavy atom. The summed E-state index contributed by atoms with van der Waals surface area (Å²) in [6, 6.07) is 7.10. The van der Waals surface area contributed by atoms with Crippen molar-refractivity contribution in [1.29, 1.82) is 0 Å². The van der Waals surface area contributed by atoms with Gasteiger partial charge in [-0.05, 0) is 61.8 Å². The molecule has 0 spiro atoms. The molecule has 2 saturated carbocycles. The summed E-state index contributed by atoms with van der Waals surface area (Å²) in [6.07, 6.45) is 6.15. The molecule has 0 saturated heterocycles. The normalized spacial score (nSPS) is 18.8. The summed E-state index contributed by atoms with van der Waals surface area (Å²) in [6.45, 7) is 0.775. The fourth-order valence-electron chi connectivity index (χ4n) is 3.07. The van der Waals surface area contributed by atoms with Crippen LogP contribution >= 0.6 is 0 Å². The number of carbonyl (C=O) groups is 2. The van der Waals surface area contributed by atoms with Crippen LogP contribution in [0.5, 0.6) is 0 Å². The van der Waals surface area contributed by atoms with E-state index in [1.165, 1.54) is 6.42 Å². The Morgan fingerprint density at radius 1 is 1.09 bits per heavy atom. The maximum atomic E-state index is 12.2. The third-order valence-electron chi connectivity index (χ3n) is 5.00. The van der Waals surface area contributed by atoms with Crippen molar-refractivity contribution in [2.75, 3.05) is 13.2 Å². The summed E-state index contributed by atoms with van der Waals surface area (Å²) >= 11 is 0. The van der Waals surface area contributed by atoms with Gasteiger partial charge in [-0.25, -0.2) is 0 Å². The summed E-state index contributed by atoms with van der Waals surface area (Å²) in [5.74, 6) is -0.195. The first kappa shape index (κ1) is 16.0. The van der Waals surface area contributed by atoms with E-state index in [9.17, 15) is 9.59 Å². The Balaban J connectivity index is 1.53. The Bertz CT molecular complexity index is 574. The van der Waals surface area contributed by atoms with E-state index in [-0.39, 0.29) is 23.8 Å². The second-order valence-corrected chi connectivity index (χ2v) is 6.83. The van der Waals surface area contributed by atoms with Crippen molar-refractivity contribution in [2.24, 2.45) is 5.41 Å². The maximum absolute atomic E-state index is 12.2. The van der Waals surface area contributed by atoms with E-state index in [1.54, 1.807) is 24.3 Å². The minimum Gasteiger partial charge on any atom is -0.396 e. The van der Waals surface area contributed by atoms with Crippen LogP contribution in [0.2, 0.25) is 0 Å². The molecule has 3 N–H and O–H groups in total. The number of benzene rings is 1. The third-order valence-corrected chi connectivity index (χ3v) is 5.00. The molecular formula is C18H24N2O3. The lowest BCUT2D eigenvalue weighted by Gasteiger charge is -2.41. The van der Waals surface area contributed by atoms with Gasteiger partial charge in [0.05, 0.1) is 0 Å². The van der Waals surface area contributed by atoms with Crippen molar-refractivity contribution in [3.05, 3.63) is 35.4 Å². The van der Waals surface area contributed by atoms with Crippen LogP contribution in [0.15, 0.2) is 24.3 Å². The second-order valence-electron chi connectivity index (χ2n) is 6.83. The first-order valence-electron chi connectivity index (χ1n) is 8.42. The zero-order valence-corrected chi connectivity index (χ0v) is 13.3. The van der Waals surface area contributed by atoms with E-state index < -0.39 is 0 Å². The van der Waals surface area contributed by atoms with Gasteiger partial charge < -0.3 is 15.7 Å². The van der Waals surface area contributed by atoms with Gasteiger partial charge >= 0.3 is 0 Å². The van der Waals surface area contributed by atoms with Crippen molar-refractivity contribution in [2.45, 2.75) is 44.6 Å². The van der Waals surface area contributed by atoms with Gasteiger partial charge in [-0.2, -0.15) is 0 Å². The fraction of sp³-hybridized carbons (Fsp3) is 0.556. The van der Waals surface area contributed by atoms with Crippen molar-refractivity contribution >= 4 is 11.8 Å². The van der Waals surface area contributed by atoms with Gasteiger partial charge in [0.1, 0.15) is 0 Å². The molecule has 3 rings (SSSR count). The number of nitrogens with one attached hydrogen (secondary N) is 2. The van der Waals surface area contributed by atoms with Crippen LogP contribution in [0.1, 0.15) is 59.2 Å². The number of aliphatic hydroxyl groups excluding tert-OH is 1. The largest absolute Gasteiger partial charge is 0.396 e. The molecule has 0 heterocycles. The minimum absolute atomic E-state index is 0.0733. The van der Waals surface area contributed by atoms with Crippen LogP contribution in [0, 0.1) is 5.41 Å². The molecule has 0 radical (unpaired) electrons. The van der Waals surface area contributed by atoms with E-state index in [1.807, 2.05) is 0 Å². The number of hydrogen-bond donors (Lipinski definition) is 3. The lowest BCUT2D eigenvalue weighted by Crippen LogP contribution is -2.42. The molecule has 2 aliphatic rings. The van der Waals surface area contributed by atoms with Gasteiger partial charge in [0.2, 0.25) is 0 Å². The quantitative estimate of drug-likeness (QED) is 0.718. The standard InChI is InChI=1S/C18H24N2O3/c21-11-10-18(8-1-9-18)12-19-16(22)13-2-4-14(5-3-13)17(23)20-15-6-7-15/h2-5,15,21H,1,6-12H2,(H,19,22)(H,20,23). The van der Waals surface area contributed by atoms with E-state index in [0.29, 0.717) is 23.7 Å². The van der Waals surface area contributed by atoms with Gasteiger partial charge in [0.25, 0.3) is 11.8 Å². The molecule has 0 aliphatic heterocycles. The number of aliphatic hydroxyl groups is 1. The molecule has 0 unspecified atom stereocenters. The summed E-state index contributed by atoms with van der Waals surface area (Å²) < 4.78 is 0. The predicted molar refractivity (Wildman–Crippen MR) is 87.3 cm³/mol. The molecule has 124 valence electrons. The van der Waals surface area contributed by atoms with E-state index in [2.05, 4.69) is 10.6 Å². The molecular weight excluding hydrogens is 292 g/mol. The summed E-state index contributed by atoms with van der Waals surface area (Å²) in [7, 11) is 0. The highest BCUT2D eigenvalue weighted by atomic mass is 16.3. The highest BCUT2D eigenvalue weighted by Gasteiger charge is 2.36. The highest BCUT2D eigenvalue weighted by Crippen LogP contribution is 2.43. The monoisotopic (exact) mass is 316 g/mol. The van der Waals surface area contributed by atoms with Gasteiger partial charge in [-0.3, -0.25) is 9.59 Å². The molecule has 23 heavy (non-hydrogen) atoms. The first-order chi connectivity index (χ1) is 11.1. The Hall–Kier alpha value is -1.88. The molecule has 1 aromatic carbocycles. The summed E-state index contributed by atoms with van der Waals surface area (Å²) in [4.78, 5) is 24.1. The van der Waals surface area contributed by atoms with E-state index in [4.69, 9.17) is 5.11 Å². The van der Waals surface area contributed by atoms with Crippen LogP contribution in [0.4, 0.5) is 0 Å². The SMILES string of the molecule is O=C(NCC1(CCO)CCC1)c1ccc(C(=O)NC2CC2)cc1. The van der Waals surface area contributed by atoms with Gasteiger partial charge in [-0.15, -0.1) is 0 Å². The lowest BCUT2D eigenvalue weighted by molar-refractivity contribution is 0.0732. The lowest BCUT2D eigenvalue weighted by atomic mass is 9.67. The molecule has 2 amide bonds. The molecule has 1 aromatic rings. The molecule has 0 atom stereocenters. The average molecular weight is 316 g/mol. The topological polar surface area (TPSA) is 78.4 Å². The number of rotatable bonds is 7. The van der Waals surface area contributed by atoms with E-state index in [0.717, 1.165) is 32.1 Å². The summed E-state index contributed by atoms with van der Waals surface area (Å²) in [5.41, 5.74) is 1.23. The van der Waals surface area contributed by atoms with Crippen molar-refractivity contribution < 1.29 is 14.7 Å². The fourth-order valence-corrected chi connectivity index (χ4v) is 3.07. The van der Waals surface area contributed by atoms with Gasteiger partial charge in [0.15, 0.2) is 0 Å². The van der Waals surface area contributed by atoms with Crippen molar-refractivity contribution in [1.82, 2.24) is 10.6 Å². The number of amides is 2. The van der Waals surface area contributed by atoms with Crippen LogP contribution < -0.4 is 10.6 Å². The highest BCUT2D eigenvalue weighted by molar-refractivity contribution is 5.98. The Labute approximate surface area is 136 Å². The molecule has 0 bridgehead atoms. The van der Waals surface area contributed by atoms with Crippen molar-refractivity contribution in [3.8, 4) is 0 Å². The molecule has 5 heteroatoms. The minimum atomic E-state index is -0.122. The molecule has 5 nitrogen and oxygen atoms in total. The average Bonchev–Trinajstić information content (AvgIpc) is 3.33. The number of carbonyl (C=O) groups excluding carboxylic acids is 2. The Kier molecular flexibility index (Phi) is 4.66. The third kappa shape index (κ3) is 3.91. The summed E-state index contributed by atoms with van der Waals surface area (Å²) in [5, 5.41) is 15.0. The van der Waals surface area contributed by atoms with Crippen molar-refractivity contribution in [3.63, 3.8) is 0 Å². The smallest absolute Gasteiger partial charge is 0.251 e.